The Morgan fingerprint density at radius 3 is 3.04 bits per heavy atom. The summed E-state index contributed by atoms with van der Waals surface area (Å²) in [6.07, 6.45) is 6.00. The number of nitrogens with one attached hydrogen (secondary N) is 2. The molecule has 1 fully saturated rings. The summed E-state index contributed by atoms with van der Waals surface area (Å²) in [5, 5.41) is 10.1. The first-order chi connectivity index (χ1) is 12.7. The third-order valence-corrected chi connectivity index (χ3v) is 5.64. The van der Waals surface area contributed by atoms with Crippen LogP contribution in [0.4, 0.5) is 0 Å². The molecule has 2 aliphatic carbocycles. The number of carbonyl (C=O) groups is 1. The van der Waals surface area contributed by atoms with Crippen LogP contribution in [0.1, 0.15) is 61.0 Å². The highest BCUT2D eigenvalue weighted by Crippen LogP contribution is 2.36. The van der Waals surface area contributed by atoms with Gasteiger partial charge in [0, 0.05) is 12.5 Å². The van der Waals surface area contributed by atoms with E-state index in [1.807, 2.05) is 10.6 Å². The molecule has 2 N–H and O–H groups in total. The van der Waals surface area contributed by atoms with Crippen LogP contribution in [-0.4, -0.2) is 27.8 Å². The molecule has 0 unspecified atom stereocenters. The molecular weight excluding hydrogens is 348 g/mol. The van der Waals surface area contributed by atoms with E-state index in [0.29, 0.717) is 23.8 Å². The molecule has 26 heavy (non-hydrogen) atoms. The van der Waals surface area contributed by atoms with E-state index in [2.05, 4.69) is 27.6 Å². The number of H-pyrrole nitrogens is 1. The lowest BCUT2D eigenvalue weighted by molar-refractivity contribution is -0.121. The van der Waals surface area contributed by atoms with Gasteiger partial charge in [-0.05, 0) is 73.5 Å². The number of nitrogens with zero attached hydrogens (tertiary/aromatic N) is 2. The molecule has 1 aromatic heterocycles. The molecule has 0 saturated heterocycles. The predicted octanol–water partition coefficient (Wildman–Crippen LogP) is 3.41. The van der Waals surface area contributed by atoms with Crippen molar-refractivity contribution >= 4 is 18.1 Å². The Morgan fingerprint density at radius 1 is 1.42 bits per heavy atom. The molecule has 1 atom stereocenters. The highest BCUT2D eigenvalue weighted by molar-refractivity contribution is 7.71. The summed E-state index contributed by atoms with van der Waals surface area (Å²) < 4.78 is 8.01. The fourth-order valence-corrected chi connectivity index (χ4v) is 4.18. The number of methoxy groups -OCH3 is 1. The third kappa shape index (κ3) is 3.53. The largest absolute Gasteiger partial charge is 0.497 e. The number of rotatable bonds is 6. The number of ether oxygens (including phenoxy) is 1. The second-order valence-electron chi connectivity index (χ2n) is 7.18. The molecule has 6 nitrogen and oxygen atoms in total. The Hall–Kier alpha value is -2.15. The van der Waals surface area contributed by atoms with Crippen LogP contribution in [0.2, 0.25) is 0 Å². The molecule has 0 aliphatic heterocycles. The molecule has 7 heteroatoms. The van der Waals surface area contributed by atoms with E-state index in [4.69, 9.17) is 17.0 Å². The molecule has 0 radical (unpaired) electrons. The number of aromatic nitrogens is 3. The van der Waals surface area contributed by atoms with Gasteiger partial charge >= 0.3 is 0 Å². The first-order valence-electron chi connectivity index (χ1n) is 9.25. The fourth-order valence-electron chi connectivity index (χ4n) is 3.88. The van der Waals surface area contributed by atoms with Gasteiger partial charge in [-0.3, -0.25) is 14.5 Å². The average molecular weight is 372 g/mol. The SMILES string of the molecule is COc1ccc2c(c1)CCC[C@H]2CC(=O)NCc1n[nH]c(=S)n1C1CC1. The summed E-state index contributed by atoms with van der Waals surface area (Å²) in [4.78, 5) is 12.5. The highest BCUT2D eigenvalue weighted by Gasteiger charge is 2.27. The maximum absolute atomic E-state index is 12.5. The summed E-state index contributed by atoms with van der Waals surface area (Å²) in [5.74, 6) is 2.04. The molecule has 1 aromatic carbocycles. The lowest BCUT2D eigenvalue weighted by Crippen LogP contribution is -2.27. The Balaban J connectivity index is 1.39. The number of aryl methyl sites for hydroxylation is 1. The molecule has 4 rings (SSSR count). The molecule has 1 amide bonds. The maximum Gasteiger partial charge on any atom is 0.220 e. The third-order valence-electron chi connectivity index (χ3n) is 5.35. The van der Waals surface area contributed by atoms with E-state index in [1.165, 1.54) is 11.1 Å². The van der Waals surface area contributed by atoms with Crippen LogP contribution in [0.25, 0.3) is 0 Å². The normalized spacial score (nSPS) is 19.0. The van der Waals surface area contributed by atoms with E-state index in [1.54, 1.807) is 7.11 Å². The van der Waals surface area contributed by atoms with E-state index < -0.39 is 0 Å². The monoisotopic (exact) mass is 372 g/mol. The Bertz CT molecular complexity index is 869. The molecule has 138 valence electrons. The minimum atomic E-state index is 0.0648. The molecule has 1 heterocycles. The molecule has 2 aromatic rings. The van der Waals surface area contributed by atoms with Crippen LogP contribution in [-0.2, 0) is 17.8 Å². The molecule has 1 saturated carbocycles. The van der Waals surface area contributed by atoms with Crippen LogP contribution in [0, 0.1) is 4.77 Å². The zero-order chi connectivity index (χ0) is 18.1. The van der Waals surface area contributed by atoms with Gasteiger partial charge in [0.2, 0.25) is 5.91 Å². The van der Waals surface area contributed by atoms with Gasteiger partial charge in [0.25, 0.3) is 0 Å². The van der Waals surface area contributed by atoms with Gasteiger partial charge in [-0.25, -0.2) is 0 Å². The number of hydrogen-bond donors (Lipinski definition) is 2. The standard InChI is InChI=1S/C19H24N4O2S/c1-25-15-7-8-16-12(9-15)3-2-4-13(16)10-18(24)20-11-17-21-22-19(26)23(17)14-5-6-14/h7-9,13-14H,2-6,10-11H2,1H3,(H,20,24)(H,22,26)/t13-/m0/s1. The zero-order valence-corrected chi connectivity index (χ0v) is 15.8. The second kappa shape index (κ2) is 7.23. The van der Waals surface area contributed by atoms with Crippen molar-refractivity contribution in [2.75, 3.05) is 7.11 Å². The minimum absolute atomic E-state index is 0.0648. The van der Waals surface area contributed by atoms with Gasteiger partial charge in [-0.1, -0.05) is 6.07 Å². The van der Waals surface area contributed by atoms with Gasteiger partial charge in [-0.2, -0.15) is 5.10 Å². The minimum Gasteiger partial charge on any atom is -0.497 e. The number of hydrogen-bond acceptors (Lipinski definition) is 4. The summed E-state index contributed by atoms with van der Waals surface area (Å²) >= 11 is 5.29. The van der Waals surface area contributed by atoms with Crippen molar-refractivity contribution in [3.8, 4) is 5.75 Å². The summed E-state index contributed by atoms with van der Waals surface area (Å²) in [5.41, 5.74) is 2.59. The average Bonchev–Trinajstić information content (AvgIpc) is 3.42. The number of amides is 1. The van der Waals surface area contributed by atoms with Crippen molar-refractivity contribution in [3.05, 3.63) is 39.9 Å². The summed E-state index contributed by atoms with van der Waals surface area (Å²) in [7, 11) is 1.69. The number of aromatic amines is 1. The van der Waals surface area contributed by atoms with Crippen molar-refractivity contribution < 1.29 is 9.53 Å². The van der Waals surface area contributed by atoms with Gasteiger partial charge in [0.15, 0.2) is 10.6 Å². The Labute approximate surface area is 158 Å². The second-order valence-corrected chi connectivity index (χ2v) is 7.57. The molecule has 2 aliphatic rings. The van der Waals surface area contributed by atoms with Crippen molar-refractivity contribution in [1.82, 2.24) is 20.1 Å². The van der Waals surface area contributed by atoms with Crippen molar-refractivity contribution in [3.63, 3.8) is 0 Å². The molecular formula is C19H24N4O2S. The first kappa shape index (κ1) is 17.3. The maximum atomic E-state index is 12.5. The fraction of sp³-hybridized carbons (Fsp3) is 0.526. The summed E-state index contributed by atoms with van der Waals surface area (Å²) in [6, 6.07) is 6.66. The van der Waals surface area contributed by atoms with Crippen LogP contribution >= 0.6 is 12.2 Å². The van der Waals surface area contributed by atoms with Crippen molar-refractivity contribution in [2.45, 2.75) is 57.0 Å². The van der Waals surface area contributed by atoms with Gasteiger partial charge in [0.1, 0.15) is 5.75 Å². The zero-order valence-electron chi connectivity index (χ0n) is 15.0. The number of carbonyl (C=O) groups excluding carboxylic acids is 1. The predicted molar refractivity (Wildman–Crippen MR) is 101 cm³/mol. The van der Waals surface area contributed by atoms with E-state index >= 15 is 0 Å². The van der Waals surface area contributed by atoms with Gasteiger partial charge in [0.05, 0.1) is 13.7 Å². The van der Waals surface area contributed by atoms with E-state index in [0.717, 1.165) is 43.7 Å². The van der Waals surface area contributed by atoms with Crippen molar-refractivity contribution in [2.24, 2.45) is 0 Å². The highest BCUT2D eigenvalue weighted by atomic mass is 32.1. The Morgan fingerprint density at radius 2 is 2.27 bits per heavy atom. The molecule has 0 bridgehead atoms. The van der Waals surface area contributed by atoms with Gasteiger partial charge < -0.3 is 10.1 Å². The lowest BCUT2D eigenvalue weighted by Gasteiger charge is -2.25. The number of benzene rings is 1. The first-order valence-corrected chi connectivity index (χ1v) is 9.66. The smallest absolute Gasteiger partial charge is 0.220 e. The topological polar surface area (TPSA) is 71.9 Å². The Kier molecular flexibility index (Phi) is 4.80. The van der Waals surface area contributed by atoms with E-state index in [-0.39, 0.29) is 11.8 Å². The summed E-state index contributed by atoms with van der Waals surface area (Å²) in [6.45, 7) is 0.421. The quantitative estimate of drug-likeness (QED) is 0.762. The molecule has 0 spiro atoms. The van der Waals surface area contributed by atoms with Crippen LogP contribution in [0.15, 0.2) is 18.2 Å². The van der Waals surface area contributed by atoms with Gasteiger partial charge in [-0.15, -0.1) is 0 Å². The van der Waals surface area contributed by atoms with Crippen LogP contribution in [0.5, 0.6) is 5.75 Å². The van der Waals surface area contributed by atoms with E-state index in [9.17, 15) is 4.79 Å². The van der Waals surface area contributed by atoms with Crippen LogP contribution in [0.3, 0.4) is 0 Å². The lowest BCUT2D eigenvalue weighted by atomic mass is 9.81. The van der Waals surface area contributed by atoms with Crippen molar-refractivity contribution in [1.29, 1.82) is 0 Å². The van der Waals surface area contributed by atoms with Crippen LogP contribution < -0.4 is 10.1 Å². The number of fused-ring (bicyclic) bond motifs is 1.